The van der Waals surface area contributed by atoms with Gasteiger partial charge in [-0.2, -0.15) is 0 Å². The predicted molar refractivity (Wildman–Crippen MR) is 126 cm³/mol. The minimum absolute atomic E-state index is 0.130. The molecule has 0 aromatic carbocycles. The van der Waals surface area contributed by atoms with Gasteiger partial charge in [-0.15, -0.1) is 0 Å². The van der Waals surface area contributed by atoms with Crippen LogP contribution in [0.1, 0.15) is 59.3 Å². The van der Waals surface area contributed by atoms with Gasteiger partial charge in [-0.25, -0.2) is 0 Å². The van der Waals surface area contributed by atoms with Gasteiger partial charge in [0, 0.05) is 42.3 Å². The first-order chi connectivity index (χ1) is 16.7. The molecule has 0 aromatic heterocycles. The lowest BCUT2D eigenvalue weighted by atomic mass is 9.49. The first-order valence-electron chi connectivity index (χ1n) is 14.1. The molecule has 3 saturated heterocycles. The summed E-state index contributed by atoms with van der Waals surface area (Å²) in [6.45, 7) is 7.40. The van der Waals surface area contributed by atoms with Crippen molar-refractivity contribution in [3.05, 3.63) is 0 Å². The topological polar surface area (TPSA) is 154 Å². The first kappa shape index (κ1) is 24.7. The molecule has 36 heavy (non-hydrogen) atoms. The summed E-state index contributed by atoms with van der Waals surface area (Å²) in [6.07, 6.45) is -1.92. The number of fused-ring (bicyclic) bond motifs is 5. The Hall–Kier alpha value is -0.360. The van der Waals surface area contributed by atoms with Crippen molar-refractivity contribution in [3.63, 3.8) is 0 Å². The zero-order valence-corrected chi connectivity index (χ0v) is 21.5. The molecule has 0 unspecified atom stereocenters. The van der Waals surface area contributed by atoms with Crippen LogP contribution in [0, 0.1) is 40.9 Å². The predicted octanol–water partition coefficient (Wildman–Crippen LogP) is -0.814. The largest absolute Gasteiger partial charge is 0.393 e. The van der Waals surface area contributed by atoms with E-state index >= 15 is 0 Å². The Labute approximate surface area is 212 Å². The SMILES string of the molecule is C[C@H]1CC[C@H]2N(C1)C[C@@H]1[C@H]([C@@H](O)[C@@H](O)[C@@]3(O)[C@H]4[C@H](O)C[C@H]5[C@@]6(O)O[C@@]4(C[C@@H]13)[C@@]5(C)CC[C@@H]6O)[C@]2(C)O. The van der Waals surface area contributed by atoms with Crippen LogP contribution in [0.5, 0.6) is 0 Å². The first-order valence-corrected chi connectivity index (χ1v) is 14.1. The van der Waals surface area contributed by atoms with Gasteiger partial charge in [-0.1, -0.05) is 13.8 Å². The van der Waals surface area contributed by atoms with E-state index in [0.717, 1.165) is 19.4 Å². The summed E-state index contributed by atoms with van der Waals surface area (Å²) >= 11 is 0. The van der Waals surface area contributed by atoms with Gasteiger partial charge in [0.2, 0.25) is 0 Å². The Morgan fingerprint density at radius 2 is 1.67 bits per heavy atom. The second kappa shape index (κ2) is 7.04. The highest BCUT2D eigenvalue weighted by Crippen LogP contribution is 2.76. The van der Waals surface area contributed by atoms with Crippen LogP contribution in [0.2, 0.25) is 0 Å². The van der Waals surface area contributed by atoms with Crippen molar-refractivity contribution >= 4 is 0 Å². The molecule has 7 rings (SSSR count). The third-order valence-electron chi connectivity index (χ3n) is 12.8. The van der Waals surface area contributed by atoms with E-state index in [1.807, 2.05) is 6.92 Å². The summed E-state index contributed by atoms with van der Waals surface area (Å²) in [5.41, 5.74) is -4.88. The Morgan fingerprint density at radius 3 is 2.39 bits per heavy atom. The van der Waals surface area contributed by atoms with Crippen molar-refractivity contribution in [2.45, 2.75) is 112 Å². The minimum atomic E-state index is -1.85. The molecule has 0 aromatic rings. The maximum atomic E-state index is 12.5. The summed E-state index contributed by atoms with van der Waals surface area (Å²) in [7, 11) is 0. The van der Waals surface area contributed by atoms with Crippen LogP contribution in [0.15, 0.2) is 0 Å². The van der Waals surface area contributed by atoms with Crippen LogP contribution in [-0.2, 0) is 4.74 Å². The maximum Gasteiger partial charge on any atom is 0.196 e. The zero-order chi connectivity index (χ0) is 25.8. The van der Waals surface area contributed by atoms with E-state index in [2.05, 4.69) is 11.8 Å². The lowest BCUT2D eigenvalue weighted by molar-refractivity contribution is -0.295. The average Bonchev–Trinajstić information content (AvgIpc) is 3.08. The molecule has 0 radical (unpaired) electrons. The van der Waals surface area contributed by atoms with E-state index in [-0.39, 0.29) is 18.4 Å². The molecule has 7 aliphatic rings. The lowest BCUT2D eigenvalue weighted by Gasteiger charge is -2.63. The van der Waals surface area contributed by atoms with Gasteiger partial charge in [-0.3, -0.25) is 4.90 Å². The Bertz CT molecular complexity index is 964. The highest BCUT2D eigenvalue weighted by Gasteiger charge is 2.86. The van der Waals surface area contributed by atoms with Gasteiger partial charge >= 0.3 is 0 Å². The van der Waals surface area contributed by atoms with E-state index in [0.29, 0.717) is 31.7 Å². The van der Waals surface area contributed by atoms with E-state index in [9.17, 15) is 35.7 Å². The Balaban J connectivity index is 1.37. The molecule has 16 atom stereocenters. The molecule has 7 N–H and O–H groups in total. The van der Waals surface area contributed by atoms with Crippen molar-refractivity contribution in [2.24, 2.45) is 40.9 Å². The summed E-state index contributed by atoms with van der Waals surface area (Å²) in [5, 5.41) is 81.4. The molecule has 204 valence electrons. The Morgan fingerprint density at radius 1 is 0.944 bits per heavy atom. The van der Waals surface area contributed by atoms with Gasteiger partial charge in [0.15, 0.2) is 5.79 Å². The van der Waals surface area contributed by atoms with Crippen LogP contribution in [0.3, 0.4) is 0 Å². The molecule has 4 bridgehead atoms. The minimum Gasteiger partial charge on any atom is -0.393 e. The van der Waals surface area contributed by atoms with Crippen molar-refractivity contribution in [1.29, 1.82) is 0 Å². The van der Waals surface area contributed by atoms with Crippen molar-refractivity contribution in [2.75, 3.05) is 13.1 Å². The number of ether oxygens (including phenoxy) is 1. The fraction of sp³-hybridized carbons (Fsp3) is 1.00. The Kier molecular flexibility index (Phi) is 4.82. The fourth-order valence-corrected chi connectivity index (χ4v) is 11.4. The smallest absolute Gasteiger partial charge is 0.196 e. The molecular weight excluding hydrogens is 466 g/mol. The number of hydrogen-bond donors (Lipinski definition) is 7. The molecule has 9 heteroatoms. The molecule has 3 heterocycles. The van der Waals surface area contributed by atoms with E-state index in [4.69, 9.17) is 4.74 Å². The van der Waals surface area contributed by atoms with Gasteiger partial charge < -0.3 is 40.5 Å². The van der Waals surface area contributed by atoms with Crippen LogP contribution >= 0.6 is 0 Å². The standard InChI is InChI=1S/C27H43NO8/c1-12-4-5-17-24(3,33)19-13(11-28(17)10-12)14-9-25-21(26(14,34)22(32)20(19)31)15(29)8-16-23(25,2)7-6-18(30)27(16,35)36-25/h12-22,29-35H,4-11H2,1-3H3/t12-,13-,14-,15+,16+,17+,18-,19+,20+,21-,22+,23-,24+,25+,26-,27+/m0/s1. The molecule has 1 spiro atoms. The summed E-state index contributed by atoms with van der Waals surface area (Å²) in [4.78, 5) is 2.30. The van der Waals surface area contributed by atoms with E-state index in [1.54, 1.807) is 6.92 Å². The second-order valence-electron chi connectivity index (χ2n) is 14.2. The third kappa shape index (κ3) is 2.46. The lowest BCUT2D eigenvalue weighted by Crippen LogP contribution is -2.76. The molecular formula is C27H43NO8. The monoisotopic (exact) mass is 509 g/mol. The third-order valence-corrected chi connectivity index (χ3v) is 12.8. The number of hydrogen-bond acceptors (Lipinski definition) is 9. The van der Waals surface area contributed by atoms with Crippen LogP contribution in [0.25, 0.3) is 0 Å². The van der Waals surface area contributed by atoms with Crippen LogP contribution in [-0.4, -0.2) is 107 Å². The molecule has 9 nitrogen and oxygen atoms in total. The highest BCUT2D eigenvalue weighted by atomic mass is 16.7. The summed E-state index contributed by atoms with van der Waals surface area (Å²) in [6, 6.07) is -0.130. The molecule has 4 aliphatic carbocycles. The molecule has 4 saturated carbocycles. The van der Waals surface area contributed by atoms with Crippen LogP contribution in [0.4, 0.5) is 0 Å². The van der Waals surface area contributed by atoms with Gasteiger partial charge in [-0.05, 0) is 63.2 Å². The maximum absolute atomic E-state index is 12.5. The molecule has 0 amide bonds. The van der Waals surface area contributed by atoms with Gasteiger partial charge in [0.1, 0.15) is 17.8 Å². The number of aliphatic hydroxyl groups excluding tert-OH is 4. The molecule has 7 fully saturated rings. The van der Waals surface area contributed by atoms with Gasteiger partial charge in [0.05, 0.1) is 23.4 Å². The number of piperidine rings is 2. The summed E-state index contributed by atoms with van der Waals surface area (Å²) in [5.74, 6) is -4.29. The summed E-state index contributed by atoms with van der Waals surface area (Å²) < 4.78 is 6.51. The quantitative estimate of drug-likeness (QED) is 0.222. The van der Waals surface area contributed by atoms with E-state index < -0.39 is 76.1 Å². The normalized spacial score (nSPS) is 68.0. The van der Waals surface area contributed by atoms with Gasteiger partial charge in [0.25, 0.3) is 0 Å². The number of rotatable bonds is 0. The average molecular weight is 510 g/mol. The second-order valence-corrected chi connectivity index (χ2v) is 14.2. The van der Waals surface area contributed by atoms with Crippen molar-refractivity contribution in [1.82, 2.24) is 4.90 Å². The van der Waals surface area contributed by atoms with Crippen molar-refractivity contribution in [3.8, 4) is 0 Å². The molecule has 3 aliphatic heterocycles. The number of aliphatic hydroxyl groups is 7. The number of nitrogens with zero attached hydrogens (tertiary/aromatic N) is 1. The zero-order valence-electron chi connectivity index (χ0n) is 21.5. The van der Waals surface area contributed by atoms with Crippen LogP contribution < -0.4 is 0 Å². The van der Waals surface area contributed by atoms with Crippen molar-refractivity contribution < 1.29 is 40.5 Å². The highest BCUT2D eigenvalue weighted by molar-refractivity contribution is 5.33. The van der Waals surface area contributed by atoms with E-state index in [1.165, 1.54) is 0 Å². The fourth-order valence-electron chi connectivity index (χ4n) is 11.4.